The zero-order valence-corrected chi connectivity index (χ0v) is 7.51. The van der Waals surface area contributed by atoms with Crippen LogP contribution in [0.15, 0.2) is 43.0 Å². The minimum absolute atomic E-state index is 0.477. The van der Waals surface area contributed by atoms with E-state index in [4.69, 9.17) is 5.11 Å². The number of carbonyl (C=O) groups excluding carboxylic acids is 1. The van der Waals surface area contributed by atoms with Crippen molar-refractivity contribution in [3.63, 3.8) is 0 Å². The molecule has 0 amide bonds. The molecule has 0 bridgehead atoms. The number of allylic oxidation sites excluding steroid dienone is 1. The van der Waals surface area contributed by atoms with Gasteiger partial charge in [0.1, 0.15) is 5.92 Å². The van der Waals surface area contributed by atoms with Crippen molar-refractivity contribution >= 4 is 11.8 Å². The summed E-state index contributed by atoms with van der Waals surface area (Å²) in [5, 5.41) is 8.86. The third kappa shape index (κ3) is 2.07. The summed E-state index contributed by atoms with van der Waals surface area (Å²) in [4.78, 5) is 22.1. The van der Waals surface area contributed by atoms with Gasteiger partial charge in [0.25, 0.3) is 0 Å². The van der Waals surface area contributed by atoms with Crippen molar-refractivity contribution in [2.75, 3.05) is 0 Å². The van der Waals surface area contributed by atoms with Gasteiger partial charge in [0.05, 0.1) is 0 Å². The fourth-order valence-corrected chi connectivity index (χ4v) is 1.19. The Hall–Kier alpha value is -1.90. The molecule has 3 nitrogen and oxygen atoms in total. The molecule has 0 aliphatic carbocycles. The van der Waals surface area contributed by atoms with Crippen molar-refractivity contribution in [2.24, 2.45) is 0 Å². The van der Waals surface area contributed by atoms with Crippen LogP contribution in [0.1, 0.15) is 11.5 Å². The molecule has 3 heteroatoms. The summed E-state index contributed by atoms with van der Waals surface area (Å²) in [5.74, 6) is -2.78. The first-order valence-corrected chi connectivity index (χ1v) is 4.11. The SMILES string of the molecule is C=CC(=O)C(C(=O)O)c1ccccc1. The molecule has 1 atom stereocenters. The molecule has 0 aliphatic heterocycles. The normalized spacial score (nSPS) is 11.7. The summed E-state index contributed by atoms with van der Waals surface area (Å²) in [6.45, 7) is 3.28. The first-order valence-electron chi connectivity index (χ1n) is 4.11. The maximum absolute atomic E-state index is 11.3. The zero-order chi connectivity index (χ0) is 10.6. The fraction of sp³-hybridized carbons (Fsp3) is 0.0909. The van der Waals surface area contributed by atoms with Gasteiger partial charge in [0.2, 0.25) is 0 Å². The van der Waals surface area contributed by atoms with Crippen LogP contribution >= 0.6 is 0 Å². The van der Waals surface area contributed by atoms with Gasteiger partial charge in [-0.1, -0.05) is 36.9 Å². The highest BCUT2D eigenvalue weighted by molar-refractivity contribution is 6.08. The van der Waals surface area contributed by atoms with Gasteiger partial charge in [-0.25, -0.2) is 0 Å². The molecule has 0 spiro atoms. The smallest absolute Gasteiger partial charge is 0.318 e. The molecule has 0 heterocycles. The van der Waals surface area contributed by atoms with E-state index in [-0.39, 0.29) is 0 Å². The first kappa shape index (κ1) is 10.2. The van der Waals surface area contributed by atoms with E-state index in [0.717, 1.165) is 6.08 Å². The molecule has 0 saturated carbocycles. The van der Waals surface area contributed by atoms with Crippen LogP contribution in [-0.4, -0.2) is 16.9 Å². The predicted molar refractivity (Wildman–Crippen MR) is 52.0 cm³/mol. The van der Waals surface area contributed by atoms with E-state index >= 15 is 0 Å². The summed E-state index contributed by atoms with van der Waals surface area (Å²) in [5.41, 5.74) is 0.477. The second-order valence-electron chi connectivity index (χ2n) is 2.79. The highest BCUT2D eigenvalue weighted by Gasteiger charge is 2.25. The van der Waals surface area contributed by atoms with Gasteiger partial charge in [0.15, 0.2) is 5.78 Å². The molecule has 72 valence electrons. The van der Waals surface area contributed by atoms with Gasteiger partial charge >= 0.3 is 5.97 Å². The minimum atomic E-state index is -1.15. The fourth-order valence-electron chi connectivity index (χ4n) is 1.19. The Bertz CT molecular complexity index is 354. The Morgan fingerprint density at radius 3 is 2.29 bits per heavy atom. The number of carboxylic acid groups (broad SMARTS) is 1. The lowest BCUT2D eigenvalue weighted by molar-refractivity contribution is -0.141. The number of aliphatic carboxylic acids is 1. The zero-order valence-electron chi connectivity index (χ0n) is 7.51. The second-order valence-corrected chi connectivity index (χ2v) is 2.79. The molecule has 1 aromatic carbocycles. The average molecular weight is 190 g/mol. The maximum atomic E-state index is 11.3. The largest absolute Gasteiger partial charge is 0.480 e. The summed E-state index contributed by atoms with van der Waals surface area (Å²) < 4.78 is 0. The Kier molecular flexibility index (Phi) is 3.18. The third-order valence-electron chi connectivity index (χ3n) is 1.87. The lowest BCUT2D eigenvalue weighted by Gasteiger charge is -2.08. The van der Waals surface area contributed by atoms with Crippen molar-refractivity contribution < 1.29 is 14.7 Å². The maximum Gasteiger partial charge on any atom is 0.318 e. The number of hydrogen-bond donors (Lipinski definition) is 1. The molecule has 1 aromatic rings. The summed E-state index contributed by atoms with van der Waals surface area (Å²) >= 11 is 0. The van der Waals surface area contributed by atoms with Crippen LogP contribution < -0.4 is 0 Å². The highest BCUT2D eigenvalue weighted by Crippen LogP contribution is 2.17. The van der Waals surface area contributed by atoms with Gasteiger partial charge in [-0.15, -0.1) is 0 Å². The van der Waals surface area contributed by atoms with E-state index < -0.39 is 17.7 Å². The van der Waals surface area contributed by atoms with Crippen LogP contribution in [0.3, 0.4) is 0 Å². The number of carboxylic acids is 1. The van der Waals surface area contributed by atoms with E-state index in [0.29, 0.717) is 5.56 Å². The minimum Gasteiger partial charge on any atom is -0.480 e. The number of ketones is 1. The average Bonchev–Trinajstić information content (AvgIpc) is 2.19. The molecule has 1 N–H and O–H groups in total. The van der Waals surface area contributed by atoms with Crippen molar-refractivity contribution in [3.05, 3.63) is 48.6 Å². The van der Waals surface area contributed by atoms with Crippen molar-refractivity contribution in [2.45, 2.75) is 5.92 Å². The van der Waals surface area contributed by atoms with Crippen LogP contribution in [0.2, 0.25) is 0 Å². The number of hydrogen-bond acceptors (Lipinski definition) is 2. The summed E-state index contributed by atoms with van der Waals surface area (Å²) in [7, 11) is 0. The monoisotopic (exact) mass is 190 g/mol. The van der Waals surface area contributed by atoms with Crippen molar-refractivity contribution in [3.8, 4) is 0 Å². The second kappa shape index (κ2) is 4.37. The molecule has 1 rings (SSSR count). The van der Waals surface area contributed by atoms with Gasteiger partial charge in [0, 0.05) is 0 Å². The van der Waals surface area contributed by atoms with Gasteiger partial charge in [-0.05, 0) is 11.6 Å². The highest BCUT2D eigenvalue weighted by atomic mass is 16.4. The Balaban J connectivity index is 3.07. The van der Waals surface area contributed by atoms with Crippen LogP contribution in [0.25, 0.3) is 0 Å². The molecular formula is C11H10O3. The lowest BCUT2D eigenvalue weighted by atomic mass is 9.95. The molecule has 0 radical (unpaired) electrons. The van der Waals surface area contributed by atoms with E-state index in [1.807, 2.05) is 0 Å². The molecule has 14 heavy (non-hydrogen) atoms. The summed E-state index contributed by atoms with van der Waals surface area (Å²) in [6.07, 6.45) is 1.03. The van der Waals surface area contributed by atoms with Crippen molar-refractivity contribution in [1.29, 1.82) is 0 Å². The quantitative estimate of drug-likeness (QED) is 0.579. The van der Waals surface area contributed by atoms with Gasteiger partial charge < -0.3 is 5.11 Å². The Morgan fingerprint density at radius 1 is 1.29 bits per heavy atom. The van der Waals surface area contributed by atoms with Gasteiger partial charge in [-0.3, -0.25) is 9.59 Å². The molecular weight excluding hydrogens is 180 g/mol. The van der Waals surface area contributed by atoms with E-state index in [9.17, 15) is 9.59 Å². The number of carbonyl (C=O) groups is 2. The predicted octanol–water partition coefficient (Wildman–Crippen LogP) is 1.61. The number of rotatable bonds is 4. The van der Waals surface area contributed by atoms with E-state index in [2.05, 4.69) is 6.58 Å². The molecule has 0 saturated heterocycles. The summed E-state index contributed by atoms with van der Waals surface area (Å²) in [6, 6.07) is 8.38. The van der Waals surface area contributed by atoms with E-state index in [1.54, 1.807) is 30.3 Å². The third-order valence-corrected chi connectivity index (χ3v) is 1.87. The molecule has 0 fully saturated rings. The standard InChI is InChI=1S/C11H10O3/c1-2-9(12)10(11(13)14)8-6-4-3-5-7-8/h2-7,10H,1H2,(H,13,14). The molecule has 0 aromatic heterocycles. The van der Waals surface area contributed by atoms with Gasteiger partial charge in [-0.2, -0.15) is 0 Å². The molecule has 0 aliphatic rings. The van der Waals surface area contributed by atoms with Crippen LogP contribution in [-0.2, 0) is 9.59 Å². The van der Waals surface area contributed by atoms with Crippen molar-refractivity contribution in [1.82, 2.24) is 0 Å². The molecule has 1 unspecified atom stereocenters. The number of benzene rings is 1. The first-order chi connectivity index (χ1) is 6.66. The Morgan fingerprint density at radius 2 is 1.86 bits per heavy atom. The van der Waals surface area contributed by atoms with Crippen LogP contribution in [0.5, 0.6) is 0 Å². The van der Waals surface area contributed by atoms with E-state index in [1.165, 1.54) is 0 Å². The Labute approximate surface area is 81.7 Å². The van der Waals surface area contributed by atoms with Crippen LogP contribution in [0, 0.1) is 0 Å². The topological polar surface area (TPSA) is 54.4 Å². The van der Waals surface area contributed by atoms with Crippen LogP contribution in [0.4, 0.5) is 0 Å². The lowest BCUT2D eigenvalue weighted by Crippen LogP contribution is -2.19.